The molecule has 10 heteroatoms. The van der Waals surface area contributed by atoms with Crippen LogP contribution in [0.2, 0.25) is 0 Å². The summed E-state index contributed by atoms with van der Waals surface area (Å²) in [5.41, 5.74) is 6.10. The Morgan fingerprint density at radius 3 is 1.98 bits per heavy atom. The zero-order valence-corrected chi connectivity index (χ0v) is 29.2. The molecule has 47 heavy (non-hydrogen) atoms. The molecule has 2 aliphatic rings. The topological polar surface area (TPSA) is 90.9 Å². The molecule has 2 aliphatic heterocycles. The van der Waals surface area contributed by atoms with E-state index < -0.39 is 6.10 Å². The molecule has 0 amide bonds. The van der Waals surface area contributed by atoms with Crippen molar-refractivity contribution in [3.63, 3.8) is 0 Å². The van der Waals surface area contributed by atoms with E-state index >= 15 is 0 Å². The van der Waals surface area contributed by atoms with Gasteiger partial charge in [0.1, 0.15) is 12.7 Å². The van der Waals surface area contributed by atoms with Crippen LogP contribution < -0.4 is 29.6 Å². The van der Waals surface area contributed by atoms with E-state index in [1.54, 1.807) is 21.3 Å². The fourth-order valence-corrected chi connectivity index (χ4v) is 6.10. The van der Waals surface area contributed by atoms with Crippen molar-refractivity contribution < 1.29 is 24.1 Å². The van der Waals surface area contributed by atoms with E-state index in [0.29, 0.717) is 18.0 Å². The summed E-state index contributed by atoms with van der Waals surface area (Å²) < 4.78 is 22.0. The quantitative estimate of drug-likeness (QED) is 0.251. The first kappa shape index (κ1) is 36.3. The SMILES string of the molecule is COc1c(C)ccc(CN2CCNCC2)c1OC.COc1ccccc1OCC(O)CN1CCN(CNc2c(C)cccc2C)CC1. The first-order valence-corrected chi connectivity index (χ1v) is 16.6. The third kappa shape index (κ3) is 10.7. The van der Waals surface area contributed by atoms with Crippen LogP contribution in [0.15, 0.2) is 54.6 Å². The number of para-hydroxylation sites is 3. The van der Waals surface area contributed by atoms with Crippen molar-refractivity contribution in [3.05, 3.63) is 76.9 Å². The van der Waals surface area contributed by atoms with Gasteiger partial charge in [-0.05, 0) is 49.6 Å². The standard InChI is InChI=1S/C23H33N3O3.C14H22N2O2/c1-18-7-6-8-19(2)23(18)24-17-26-13-11-25(12-14-26)15-20(27)16-29-22-10-5-4-9-21(22)28-3;1-11-4-5-12(14(18-3)13(11)17-2)10-16-8-6-15-7-9-16/h4-10,20,24,27H,11-17H2,1-3H3;4-5,15H,6-10H2,1-3H3. The molecule has 2 heterocycles. The summed E-state index contributed by atoms with van der Waals surface area (Å²) in [7, 11) is 5.02. The zero-order valence-electron chi connectivity index (χ0n) is 29.2. The molecule has 10 nitrogen and oxygen atoms in total. The van der Waals surface area contributed by atoms with Crippen LogP contribution >= 0.6 is 0 Å². The van der Waals surface area contributed by atoms with Gasteiger partial charge in [0, 0.05) is 76.7 Å². The number of aliphatic hydroxyl groups is 1. The molecule has 0 radical (unpaired) electrons. The van der Waals surface area contributed by atoms with Gasteiger partial charge in [0.25, 0.3) is 0 Å². The lowest BCUT2D eigenvalue weighted by Crippen LogP contribution is -2.50. The van der Waals surface area contributed by atoms with Gasteiger partial charge in [0.2, 0.25) is 0 Å². The highest BCUT2D eigenvalue weighted by Crippen LogP contribution is 2.35. The van der Waals surface area contributed by atoms with E-state index in [-0.39, 0.29) is 6.61 Å². The molecule has 3 aromatic carbocycles. The van der Waals surface area contributed by atoms with E-state index in [4.69, 9.17) is 18.9 Å². The largest absolute Gasteiger partial charge is 0.493 e. The second-order valence-electron chi connectivity index (χ2n) is 12.3. The molecule has 1 atom stereocenters. The third-order valence-corrected chi connectivity index (χ3v) is 8.80. The minimum atomic E-state index is -0.529. The van der Waals surface area contributed by atoms with Crippen LogP contribution in [0.25, 0.3) is 0 Å². The molecular formula is C37H55N5O5. The Morgan fingerprint density at radius 2 is 1.34 bits per heavy atom. The Kier molecular flexibility index (Phi) is 14.4. The van der Waals surface area contributed by atoms with Crippen LogP contribution in [-0.4, -0.2) is 119 Å². The van der Waals surface area contributed by atoms with E-state index in [1.807, 2.05) is 31.2 Å². The normalized spacial score (nSPS) is 16.5. The van der Waals surface area contributed by atoms with Crippen molar-refractivity contribution in [2.75, 3.05) is 98.8 Å². The van der Waals surface area contributed by atoms with Crippen molar-refractivity contribution >= 4 is 5.69 Å². The predicted molar refractivity (Wildman–Crippen MR) is 189 cm³/mol. The van der Waals surface area contributed by atoms with Crippen LogP contribution in [-0.2, 0) is 6.54 Å². The van der Waals surface area contributed by atoms with Crippen LogP contribution in [0.5, 0.6) is 23.0 Å². The number of aryl methyl sites for hydroxylation is 3. The summed E-state index contributed by atoms with van der Waals surface area (Å²) >= 11 is 0. The maximum atomic E-state index is 10.4. The van der Waals surface area contributed by atoms with Crippen LogP contribution in [0.3, 0.4) is 0 Å². The number of nitrogens with one attached hydrogen (secondary N) is 2. The van der Waals surface area contributed by atoms with Gasteiger partial charge >= 0.3 is 0 Å². The minimum absolute atomic E-state index is 0.259. The van der Waals surface area contributed by atoms with Gasteiger partial charge in [-0.25, -0.2) is 0 Å². The smallest absolute Gasteiger partial charge is 0.165 e. The highest BCUT2D eigenvalue weighted by molar-refractivity contribution is 5.56. The van der Waals surface area contributed by atoms with Gasteiger partial charge in [-0.1, -0.05) is 42.5 Å². The number of piperazine rings is 2. The van der Waals surface area contributed by atoms with Gasteiger partial charge in [-0.3, -0.25) is 14.7 Å². The minimum Gasteiger partial charge on any atom is -0.493 e. The number of hydrogen-bond donors (Lipinski definition) is 3. The highest BCUT2D eigenvalue weighted by atomic mass is 16.5. The Hall–Kier alpha value is -3.54. The Morgan fingerprint density at radius 1 is 0.702 bits per heavy atom. The molecule has 1 unspecified atom stereocenters. The van der Waals surface area contributed by atoms with Gasteiger partial charge in [0.05, 0.1) is 28.0 Å². The van der Waals surface area contributed by atoms with Crippen molar-refractivity contribution in [3.8, 4) is 23.0 Å². The lowest BCUT2D eigenvalue weighted by atomic mass is 10.1. The zero-order chi connectivity index (χ0) is 33.6. The molecule has 258 valence electrons. The summed E-state index contributed by atoms with van der Waals surface area (Å²) in [6.45, 7) is 17.1. The molecule has 0 aliphatic carbocycles. The lowest BCUT2D eigenvalue weighted by Gasteiger charge is -2.35. The second-order valence-corrected chi connectivity index (χ2v) is 12.3. The second kappa shape index (κ2) is 18.7. The van der Waals surface area contributed by atoms with Crippen molar-refractivity contribution in [1.82, 2.24) is 20.0 Å². The molecule has 2 saturated heterocycles. The average Bonchev–Trinajstić information content (AvgIpc) is 3.09. The van der Waals surface area contributed by atoms with E-state index in [1.165, 1.54) is 22.4 Å². The maximum absolute atomic E-state index is 10.4. The molecular weight excluding hydrogens is 594 g/mol. The number of aliphatic hydroxyl groups excluding tert-OH is 1. The van der Waals surface area contributed by atoms with Crippen molar-refractivity contribution in [2.24, 2.45) is 0 Å². The van der Waals surface area contributed by atoms with Gasteiger partial charge in [-0.15, -0.1) is 0 Å². The maximum Gasteiger partial charge on any atom is 0.165 e. The molecule has 2 fully saturated rings. The summed E-state index contributed by atoms with van der Waals surface area (Å²) in [5.74, 6) is 3.07. The number of benzene rings is 3. The fourth-order valence-electron chi connectivity index (χ4n) is 6.10. The average molecular weight is 650 g/mol. The summed E-state index contributed by atoms with van der Waals surface area (Å²) in [6.07, 6.45) is -0.529. The number of rotatable bonds is 13. The van der Waals surface area contributed by atoms with Crippen LogP contribution in [0.1, 0.15) is 22.3 Å². The number of nitrogens with zero attached hydrogens (tertiary/aromatic N) is 3. The van der Waals surface area contributed by atoms with Crippen molar-refractivity contribution in [2.45, 2.75) is 33.4 Å². The Bertz CT molecular complexity index is 1350. The summed E-state index contributed by atoms with van der Waals surface area (Å²) in [6, 6.07) is 18.1. The molecule has 3 N–H and O–H groups in total. The number of hydrogen-bond acceptors (Lipinski definition) is 10. The van der Waals surface area contributed by atoms with Gasteiger partial charge in [-0.2, -0.15) is 0 Å². The Labute approximate surface area is 281 Å². The number of anilines is 1. The van der Waals surface area contributed by atoms with E-state index in [2.05, 4.69) is 69.5 Å². The van der Waals surface area contributed by atoms with E-state index in [0.717, 1.165) is 82.6 Å². The fraction of sp³-hybridized carbons (Fsp3) is 0.514. The molecule has 3 aromatic rings. The number of methoxy groups -OCH3 is 3. The predicted octanol–water partition coefficient (Wildman–Crippen LogP) is 4.16. The van der Waals surface area contributed by atoms with Gasteiger partial charge in [0.15, 0.2) is 23.0 Å². The first-order chi connectivity index (χ1) is 22.8. The van der Waals surface area contributed by atoms with E-state index in [9.17, 15) is 5.11 Å². The molecule has 0 bridgehead atoms. The van der Waals surface area contributed by atoms with Gasteiger partial charge < -0.3 is 34.7 Å². The van der Waals surface area contributed by atoms with Crippen molar-refractivity contribution in [1.29, 1.82) is 0 Å². The first-order valence-electron chi connectivity index (χ1n) is 16.6. The number of ether oxygens (including phenoxy) is 4. The number of β-amino-alcohol motifs (C(OH)–C–C–N with tert-alkyl or cyclic N) is 1. The highest BCUT2D eigenvalue weighted by Gasteiger charge is 2.20. The lowest BCUT2D eigenvalue weighted by molar-refractivity contribution is 0.0468. The third-order valence-electron chi connectivity index (χ3n) is 8.80. The summed E-state index contributed by atoms with van der Waals surface area (Å²) in [4.78, 5) is 7.15. The monoisotopic (exact) mass is 649 g/mol. The molecule has 0 saturated carbocycles. The van der Waals surface area contributed by atoms with Crippen LogP contribution in [0.4, 0.5) is 5.69 Å². The Balaban J connectivity index is 0.000000238. The molecule has 0 aromatic heterocycles. The molecule has 5 rings (SSSR count). The summed E-state index contributed by atoms with van der Waals surface area (Å²) in [5, 5.41) is 17.3. The molecule has 0 spiro atoms. The van der Waals surface area contributed by atoms with Crippen LogP contribution in [0, 0.1) is 20.8 Å².